The van der Waals surface area contributed by atoms with E-state index in [1.807, 2.05) is 0 Å². The second kappa shape index (κ2) is 5.01. The summed E-state index contributed by atoms with van der Waals surface area (Å²) in [5.74, 6) is 0. The Morgan fingerprint density at radius 3 is 2.50 bits per heavy atom. The lowest BCUT2D eigenvalue weighted by atomic mass is 10.9. The van der Waals surface area contributed by atoms with E-state index in [0.717, 1.165) is 0 Å². The highest BCUT2D eigenvalue weighted by Crippen LogP contribution is 1.92. The summed E-state index contributed by atoms with van der Waals surface area (Å²) in [5, 5.41) is 10.3. The standard InChI is InChI=1S/C5H10O5/c1-3-8-5(6)10(7)9-4-2/h3-4H2,1-2H3. The molecule has 0 saturated carbocycles. The van der Waals surface area contributed by atoms with Gasteiger partial charge in [-0.05, 0) is 13.8 Å². The van der Waals surface area contributed by atoms with E-state index in [-0.39, 0.29) is 13.2 Å². The van der Waals surface area contributed by atoms with E-state index in [1.54, 1.807) is 13.8 Å². The predicted octanol–water partition coefficient (Wildman–Crippen LogP) is -0.0780. The molecule has 0 N–H and O–H groups in total. The van der Waals surface area contributed by atoms with Gasteiger partial charge in [-0.15, -0.1) is 0 Å². The Morgan fingerprint density at radius 1 is 1.50 bits per heavy atom. The van der Waals surface area contributed by atoms with Crippen LogP contribution in [0.25, 0.3) is 0 Å². The van der Waals surface area contributed by atoms with Crippen molar-refractivity contribution in [3.63, 3.8) is 0 Å². The highest BCUT2D eigenvalue weighted by Gasteiger charge is 2.17. The highest BCUT2D eigenvalue weighted by atomic mass is 17.6. The van der Waals surface area contributed by atoms with Crippen molar-refractivity contribution in [3.05, 3.63) is 0 Å². The average molecular weight is 150 g/mol. The van der Waals surface area contributed by atoms with Crippen LogP contribution in [0, 0.1) is 0 Å². The summed E-state index contributed by atoms with van der Waals surface area (Å²) in [6.45, 7) is 3.44. The van der Waals surface area contributed by atoms with E-state index in [1.165, 1.54) is 0 Å². The molecule has 0 unspecified atom stereocenters. The van der Waals surface area contributed by atoms with Crippen molar-refractivity contribution >= 4 is 6.16 Å². The minimum Gasteiger partial charge on any atom is -0.583 e. The molecular formula is C5H10O5. The van der Waals surface area contributed by atoms with Crippen molar-refractivity contribution in [1.82, 2.24) is 0 Å². The van der Waals surface area contributed by atoms with Crippen molar-refractivity contribution in [2.45, 2.75) is 13.8 Å². The molecule has 0 heterocycles. The SMILES string of the molecule is CCOC(=O)[O+]([O-])OCC. The molecule has 0 amide bonds. The van der Waals surface area contributed by atoms with Crippen LogP contribution in [0.5, 0.6) is 0 Å². The number of carbonyl (C=O) groups is 1. The zero-order valence-corrected chi connectivity index (χ0v) is 5.96. The van der Waals surface area contributed by atoms with E-state index < -0.39 is 6.16 Å². The molecule has 0 aromatic heterocycles. The van der Waals surface area contributed by atoms with Crippen LogP contribution in [0.2, 0.25) is 0 Å². The molecule has 0 atom stereocenters. The Labute approximate surface area is 58.7 Å². The van der Waals surface area contributed by atoms with Gasteiger partial charge in [-0.3, -0.25) is 0 Å². The van der Waals surface area contributed by atoms with Crippen LogP contribution < -0.4 is 5.26 Å². The summed E-state index contributed by atoms with van der Waals surface area (Å²) in [6, 6.07) is 0. The Balaban J connectivity index is 3.49. The first-order chi connectivity index (χ1) is 4.72. The van der Waals surface area contributed by atoms with Gasteiger partial charge in [0, 0.05) is 4.79 Å². The number of hydrogen-bond donors (Lipinski definition) is 0. The number of hydrogen-bond acceptors (Lipinski definition) is 4. The first kappa shape index (κ1) is 9.19. The number of rotatable bonds is 3. The fraction of sp³-hybridized carbons (Fsp3) is 0.800. The summed E-state index contributed by atoms with van der Waals surface area (Å²) < 4.78 is 4.84. The van der Waals surface area contributed by atoms with Crippen LogP contribution in [0.1, 0.15) is 13.8 Å². The molecule has 0 aliphatic carbocycles. The molecular weight excluding hydrogens is 140 g/mol. The molecule has 0 fully saturated rings. The minimum atomic E-state index is -1.09. The summed E-state index contributed by atoms with van der Waals surface area (Å²) >= 11 is 0. The third-order valence-electron chi connectivity index (χ3n) is 0.623. The van der Waals surface area contributed by atoms with Gasteiger partial charge in [0.15, 0.2) is 6.61 Å². The van der Waals surface area contributed by atoms with Crippen LogP contribution in [0.3, 0.4) is 0 Å². The quantitative estimate of drug-likeness (QED) is 0.244. The monoisotopic (exact) mass is 150 g/mol. The van der Waals surface area contributed by atoms with E-state index in [2.05, 4.69) is 9.62 Å². The van der Waals surface area contributed by atoms with Crippen LogP contribution in [-0.4, -0.2) is 19.4 Å². The Morgan fingerprint density at radius 2 is 2.10 bits per heavy atom. The number of carbonyl (C=O) groups excluding carboxylic acids is 1. The zero-order chi connectivity index (χ0) is 7.98. The van der Waals surface area contributed by atoms with Crippen molar-refractivity contribution in [2.24, 2.45) is 0 Å². The summed E-state index contributed by atoms with van der Waals surface area (Å²) in [4.78, 5) is 14.5. The third-order valence-corrected chi connectivity index (χ3v) is 0.623. The van der Waals surface area contributed by atoms with Gasteiger partial charge in [0.05, 0.1) is 0 Å². The lowest BCUT2D eigenvalue weighted by molar-refractivity contribution is -0.871. The van der Waals surface area contributed by atoms with Crippen LogP contribution in [-0.2, 0) is 14.3 Å². The van der Waals surface area contributed by atoms with Gasteiger partial charge in [-0.2, -0.15) is 4.89 Å². The fourth-order valence-corrected chi connectivity index (χ4v) is 0.321. The molecule has 0 bridgehead atoms. The average Bonchev–Trinajstić information content (AvgIpc) is 1.89. The third kappa shape index (κ3) is 3.26. The topological polar surface area (TPSA) is 61.3 Å². The van der Waals surface area contributed by atoms with E-state index >= 15 is 0 Å². The van der Waals surface area contributed by atoms with Crippen molar-refractivity contribution in [1.29, 1.82) is 0 Å². The van der Waals surface area contributed by atoms with E-state index in [4.69, 9.17) is 0 Å². The normalized spacial score (nSPS) is 9.10. The maximum absolute atomic E-state index is 10.4. The maximum atomic E-state index is 10.4. The summed E-state index contributed by atoms with van der Waals surface area (Å²) in [5.41, 5.74) is 0. The molecule has 0 aliphatic heterocycles. The minimum absolute atomic E-state index is 0.118. The molecule has 0 aliphatic rings. The van der Waals surface area contributed by atoms with Crippen molar-refractivity contribution in [2.75, 3.05) is 13.2 Å². The first-order valence-corrected chi connectivity index (χ1v) is 2.94. The van der Waals surface area contributed by atoms with Gasteiger partial charge in [-0.1, -0.05) is 0 Å². The van der Waals surface area contributed by atoms with Gasteiger partial charge >= 0.3 is 6.16 Å². The molecule has 0 spiro atoms. The van der Waals surface area contributed by atoms with Gasteiger partial charge in [0.2, 0.25) is 0 Å². The van der Waals surface area contributed by atoms with Gasteiger partial charge < -0.3 is 14.7 Å². The molecule has 0 aromatic rings. The second-order valence-corrected chi connectivity index (χ2v) is 1.32. The Hall–Kier alpha value is -0.810. The molecule has 60 valence electrons. The zero-order valence-electron chi connectivity index (χ0n) is 5.96. The largest absolute Gasteiger partial charge is 0.760 e. The molecule has 0 radical (unpaired) electrons. The fourth-order valence-electron chi connectivity index (χ4n) is 0.321. The molecule has 0 saturated heterocycles. The molecule has 5 heteroatoms. The van der Waals surface area contributed by atoms with Crippen LogP contribution in [0.15, 0.2) is 0 Å². The smallest absolute Gasteiger partial charge is 0.583 e. The first-order valence-electron chi connectivity index (χ1n) is 2.94. The van der Waals surface area contributed by atoms with Crippen LogP contribution >= 0.6 is 0 Å². The predicted molar refractivity (Wildman–Crippen MR) is 29.7 cm³/mol. The van der Waals surface area contributed by atoms with E-state index in [9.17, 15) is 10.1 Å². The van der Waals surface area contributed by atoms with Crippen molar-refractivity contribution < 1.29 is 24.3 Å². The van der Waals surface area contributed by atoms with Gasteiger partial charge in [0.1, 0.15) is 6.61 Å². The lowest BCUT2D eigenvalue weighted by Gasteiger charge is -2.19. The lowest BCUT2D eigenvalue weighted by Crippen LogP contribution is -2.33. The maximum Gasteiger partial charge on any atom is 0.760 e. The van der Waals surface area contributed by atoms with E-state index in [0.29, 0.717) is 4.67 Å². The Bertz CT molecular complexity index is 102. The van der Waals surface area contributed by atoms with Gasteiger partial charge in [-0.25, -0.2) is 0 Å². The molecule has 0 rings (SSSR count). The summed E-state index contributed by atoms with van der Waals surface area (Å²) in [7, 11) is 0. The highest BCUT2D eigenvalue weighted by molar-refractivity contribution is 5.59. The Kier molecular flexibility index (Phi) is 4.61. The number of ether oxygens (including phenoxy) is 1. The molecule has 10 heavy (non-hydrogen) atoms. The van der Waals surface area contributed by atoms with Crippen LogP contribution in [0.4, 0.5) is 4.79 Å². The molecule has 0 aromatic carbocycles. The summed E-state index contributed by atoms with van der Waals surface area (Å²) in [6.07, 6.45) is -1.09. The van der Waals surface area contributed by atoms with Crippen molar-refractivity contribution in [3.8, 4) is 0 Å². The molecule has 5 nitrogen and oxygen atoms in total. The second-order valence-electron chi connectivity index (χ2n) is 1.32. The van der Waals surface area contributed by atoms with Gasteiger partial charge in [0.25, 0.3) is 0 Å².